The molecular weight excluding hydrogens is 408 g/mol. The van der Waals surface area contributed by atoms with Crippen LogP contribution in [-0.2, 0) is 9.59 Å². The van der Waals surface area contributed by atoms with Crippen molar-refractivity contribution in [3.05, 3.63) is 84.1 Å². The fourth-order valence-electron chi connectivity index (χ4n) is 2.89. The number of hydrogen-bond donors (Lipinski definition) is 2. The molecule has 0 radical (unpaired) electrons. The molecule has 0 aliphatic heterocycles. The Morgan fingerprint density at radius 2 is 1.47 bits per heavy atom. The van der Waals surface area contributed by atoms with Crippen LogP contribution in [0.5, 0.6) is 23.0 Å². The number of para-hydroxylation sites is 1. The Kier molecular flexibility index (Phi) is 7.48. The van der Waals surface area contributed by atoms with Crippen LogP contribution in [0.25, 0.3) is 6.08 Å². The molecule has 0 aliphatic rings. The zero-order chi connectivity index (χ0) is 22.9. The van der Waals surface area contributed by atoms with Gasteiger partial charge >= 0.3 is 0 Å². The minimum Gasteiger partial charge on any atom is -0.493 e. The van der Waals surface area contributed by atoms with Gasteiger partial charge in [-0.05, 0) is 60.2 Å². The second kappa shape index (κ2) is 10.7. The van der Waals surface area contributed by atoms with Gasteiger partial charge in [0.05, 0.1) is 14.2 Å². The quantitative estimate of drug-likeness (QED) is 0.508. The van der Waals surface area contributed by atoms with E-state index >= 15 is 0 Å². The molecular formula is C25H24N2O5. The van der Waals surface area contributed by atoms with E-state index in [0.29, 0.717) is 28.5 Å². The summed E-state index contributed by atoms with van der Waals surface area (Å²) in [6, 6.07) is 21.5. The zero-order valence-corrected chi connectivity index (χ0v) is 18.0. The summed E-state index contributed by atoms with van der Waals surface area (Å²) in [6.07, 6.45) is 1.56. The highest BCUT2D eigenvalue weighted by Crippen LogP contribution is 2.28. The summed E-state index contributed by atoms with van der Waals surface area (Å²) < 4.78 is 16.3. The topological polar surface area (TPSA) is 85.9 Å². The lowest BCUT2D eigenvalue weighted by molar-refractivity contribution is -0.120. The van der Waals surface area contributed by atoms with Gasteiger partial charge in [-0.25, -0.2) is 0 Å². The molecule has 0 saturated heterocycles. The van der Waals surface area contributed by atoms with Gasteiger partial charge in [-0.1, -0.05) is 24.3 Å². The van der Waals surface area contributed by atoms with Gasteiger partial charge < -0.3 is 24.8 Å². The number of hydrogen-bond acceptors (Lipinski definition) is 5. The molecule has 0 bridgehead atoms. The van der Waals surface area contributed by atoms with Gasteiger partial charge in [0.25, 0.3) is 5.91 Å². The largest absolute Gasteiger partial charge is 0.493 e. The summed E-state index contributed by atoms with van der Waals surface area (Å²) >= 11 is 0. The summed E-state index contributed by atoms with van der Waals surface area (Å²) in [5, 5.41) is 5.35. The van der Waals surface area contributed by atoms with E-state index < -0.39 is 5.91 Å². The molecule has 7 nitrogen and oxygen atoms in total. The first-order valence-corrected chi connectivity index (χ1v) is 9.84. The van der Waals surface area contributed by atoms with E-state index in [4.69, 9.17) is 14.2 Å². The van der Waals surface area contributed by atoms with Crippen molar-refractivity contribution >= 4 is 23.6 Å². The average Bonchev–Trinajstić information content (AvgIpc) is 2.80. The molecule has 0 unspecified atom stereocenters. The van der Waals surface area contributed by atoms with Crippen LogP contribution in [0.4, 0.5) is 5.69 Å². The number of rotatable bonds is 8. The number of anilines is 1. The number of nitrogens with one attached hydrogen (secondary N) is 2. The van der Waals surface area contributed by atoms with E-state index in [1.165, 1.54) is 14.0 Å². The highest BCUT2D eigenvalue weighted by atomic mass is 16.5. The maximum Gasteiger partial charge on any atom is 0.272 e. The second-order valence-electron chi connectivity index (χ2n) is 6.75. The summed E-state index contributed by atoms with van der Waals surface area (Å²) in [5.74, 6) is 1.60. The fraction of sp³-hybridized carbons (Fsp3) is 0.120. The zero-order valence-electron chi connectivity index (χ0n) is 18.0. The van der Waals surface area contributed by atoms with Crippen LogP contribution in [0.2, 0.25) is 0 Å². The van der Waals surface area contributed by atoms with Crippen molar-refractivity contribution in [3.8, 4) is 23.0 Å². The fourth-order valence-corrected chi connectivity index (χ4v) is 2.89. The molecule has 3 aromatic carbocycles. The van der Waals surface area contributed by atoms with E-state index in [9.17, 15) is 9.59 Å². The molecule has 0 heterocycles. The summed E-state index contributed by atoms with van der Waals surface area (Å²) in [4.78, 5) is 24.5. The van der Waals surface area contributed by atoms with Crippen LogP contribution in [-0.4, -0.2) is 26.0 Å². The lowest BCUT2D eigenvalue weighted by atomic mass is 10.1. The van der Waals surface area contributed by atoms with Gasteiger partial charge in [-0.3, -0.25) is 9.59 Å². The smallest absolute Gasteiger partial charge is 0.272 e. The maximum absolute atomic E-state index is 12.8. The molecule has 3 aromatic rings. The van der Waals surface area contributed by atoms with Crippen molar-refractivity contribution in [1.82, 2.24) is 5.32 Å². The van der Waals surface area contributed by atoms with Crippen molar-refractivity contribution in [2.45, 2.75) is 6.92 Å². The Morgan fingerprint density at radius 1 is 0.812 bits per heavy atom. The molecule has 164 valence electrons. The molecule has 0 spiro atoms. The molecule has 0 aromatic heterocycles. The lowest BCUT2D eigenvalue weighted by Gasteiger charge is -2.12. The third kappa shape index (κ3) is 6.12. The van der Waals surface area contributed by atoms with Crippen LogP contribution in [0.1, 0.15) is 12.5 Å². The Labute approximate surface area is 186 Å². The van der Waals surface area contributed by atoms with Crippen LogP contribution >= 0.6 is 0 Å². The SMILES string of the molecule is COc1ccc(C=C(NC(C)=O)C(=O)Nc2ccc(Oc3ccccc3)cc2)cc1OC. The highest BCUT2D eigenvalue weighted by Gasteiger charge is 2.13. The summed E-state index contributed by atoms with van der Waals surface area (Å²) in [7, 11) is 3.07. The van der Waals surface area contributed by atoms with Crippen molar-refractivity contribution in [2.75, 3.05) is 19.5 Å². The van der Waals surface area contributed by atoms with Crippen molar-refractivity contribution < 1.29 is 23.8 Å². The Morgan fingerprint density at radius 3 is 2.09 bits per heavy atom. The van der Waals surface area contributed by atoms with Crippen molar-refractivity contribution in [1.29, 1.82) is 0 Å². The molecule has 0 atom stereocenters. The standard InChI is InChI=1S/C25H24N2O5/c1-17(28)26-22(15-18-9-14-23(30-2)24(16-18)31-3)25(29)27-19-10-12-21(13-11-19)32-20-7-5-4-6-8-20/h4-16H,1-3H3,(H,26,28)(H,27,29). The Balaban J connectivity index is 1.76. The summed E-state index contributed by atoms with van der Waals surface area (Å²) in [5.41, 5.74) is 1.31. The molecule has 32 heavy (non-hydrogen) atoms. The monoisotopic (exact) mass is 432 g/mol. The Hall–Kier alpha value is -4.26. The third-order valence-electron chi connectivity index (χ3n) is 4.37. The molecule has 2 amide bonds. The molecule has 7 heteroatoms. The van der Waals surface area contributed by atoms with E-state index in [0.717, 1.165) is 5.75 Å². The maximum atomic E-state index is 12.8. The van der Waals surface area contributed by atoms with E-state index in [2.05, 4.69) is 10.6 Å². The van der Waals surface area contributed by atoms with Crippen LogP contribution < -0.4 is 24.8 Å². The minimum absolute atomic E-state index is 0.0920. The number of amides is 2. The number of carbonyl (C=O) groups excluding carboxylic acids is 2. The number of methoxy groups -OCH3 is 2. The van der Waals surface area contributed by atoms with Crippen molar-refractivity contribution in [2.24, 2.45) is 0 Å². The van der Waals surface area contributed by atoms with Gasteiger partial charge in [0.1, 0.15) is 17.2 Å². The number of ether oxygens (including phenoxy) is 3. The van der Waals surface area contributed by atoms with Crippen LogP contribution in [0.15, 0.2) is 78.5 Å². The van der Waals surface area contributed by atoms with Gasteiger partial charge in [0.2, 0.25) is 5.91 Å². The van der Waals surface area contributed by atoms with Crippen LogP contribution in [0.3, 0.4) is 0 Å². The van der Waals surface area contributed by atoms with Crippen molar-refractivity contribution in [3.63, 3.8) is 0 Å². The average molecular weight is 432 g/mol. The van der Waals surface area contributed by atoms with Gasteiger partial charge in [0, 0.05) is 12.6 Å². The normalized spacial score (nSPS) is 10.8. The van der Waals surface area contributed by atoms with Gasteiger partial charge in [0.15, 0.2) is 11.5 Å². The first-order valence-electron chi connectivity index (χ1n) is 9.84. The number of carbonyl (C=O) groups is 2. The van der Waals surface area contributed by atoms with Crippen LogP contribution in [0, 0.1) is 0 Å². The first-order chi connectivity index (χ1) is 15.5. The predicted octanol–water partition coefficient (Wildman–Crippen LogP) is 4.61. The number of benzene rings is 3. The summed E-state index contributed by atoms with van der Waals surface area (Å²) in [6.45, 7) is 1.34. The van der Waals surface area contributed by atoms with E-state index in [-0.39, 0.29) is 11.6 Å². The molecule has 0 fully saturated rings. The minimum atomic E-state index is -0.466. The van der Waals surface area contributed by atoms with Gasteiger partial charge in [-0.2, -0.15) is 0 Å². The first kappa shape index (κ1) is 22.4. The highest BCUT2D eigenvalue weighted by molar-refractivity contribution is 6.08. The molecule has 3 rings (SSSR count). The molecule has 0 saturated carbocycles. The van der Waals surface area contributed by atoms with Gasteiger partial charge in [-0.15, -0.1) is 0 Å². The second-order valence-corrected chi connectivity index (χ2v) is 6.75. The molecule has 2 N–H and O–H groups in total. The lowest BCUT2D eigenvalue weighted by Crippen LogP contribution is -2.28. The predicted molar refractivity (Wildman–Crippen MR) is 123 cm³/mol. The van der Waals surface area contributed by atoms with E-state index in [1.807, 2.05) is 30.3 Å². The van der Waals surface area contributed by atoms with E-state index in [1.54, 1.807) is 55.7 Å². The Bertz CT molecular complexity index is 1110. The third-order valence-corrected chi connectivity index (χ3v) is 4.37. The molecule has 0 aliphatic carbocycles.